The van der Waals surface area contributed by atoms with Crippen molar-refractivity contribution in [2.45, 2.75) is 26.3 Å². The van der Waals surface area contributed by atoms with E-state index in [1.54, 1.807) is 0 Å². The highest BCUT2D eigenvalue weighted by atomic mass is 16.5. The third-order valence-electron chi connectivity index (χ3n) is 2.26. The minimum absolute atomic E-state index is 0.743. The molecule has 3 nitrogen and oxygen atoms in total. The molecular weight excluding hydrogens is 200 g/mol. The lowest BCUT2D eigenvalue weighted by Gasteiger charge is -2.07. The molecule has 90 valence electrons. The van der Waals surface area contributed by atoms with E-state index in [0.717, 1.165) is 44.8 Å². The quantitative estimate of drug-likeness (QED) is 0.661. The van der Waals surface area contributed by atoms with Crippen molar-refractivity contribution in [2.75, 3.05) is 19.7 Å². The van der Waals surface area contributed by atoms with Gasteiger partial charge in [-0.2, -0.15) is 0 Å². The van der Waals surface area contributed by atoms with Gasteiger partial charge in [-0.1, -0.05) is 19.1 Å². The van der Waals surface area contributed by atoms with Gasteiger partial charge in [-0.05, 0) is 43.6 Å². The van der Waals surface area contributed by atoms with E-state index < -0.39 is 0 Å². The summed E-state index contributed by atoms with van der Waals surface area (Å²) in [5.41, 5.74) is 6.68. The monoisotopic (exact) mass is 222 g/mol. The molecule has 1 rings (SSSR count). The molecule has 3 N–H and O–H groups in total. The summed E-state index contributed by atoms with van der Waals surface area (Å²) in [6.45, 7) is 5.48. The van der Waals surface area contributed by atoms with Gasteiger partial charge in [-0.3, -0.25) is 0 Å². The summed E-state index contributed by atoms with van der Waals surface area (Å²) in [6, 6.07) is 8.23. The Balaban J connectivity index is 2.35. The van der Waals surface area contributed by atoms with E-state index in [2.05, 4.69) is 24.4 Å². The molecule has 0 radical (unpaired) electrons. The van der Waals surface area contributed by atoms with Crippen molar-refractivity contribution >= 4 is 0 Å². The predicted molar refractivity (Wildman–Crippen MR) is 67.6 cm³/mol. The Hall–Kier alpha value is -1.06. The zero-order valence-corrected chi connectivity index (χ0v) is 10.0. The first-order valence-electron chi connectivity index (χ1n) is 5.99. The van der Waals surface area contributed by atoms with Gasteiger partial charge in [0.05, 0.1) is 6.61 Å². The summed E-state index contributed by atoms with van der Waals surface area (Å²) >= 11 is 0. The van der Waals surface area contributed by atoms with Gasteiger partial charge >= 0.3 is 0 Å². The lowest BCUT2D eigenvalue weighted by Crippen LogP contribution is -2.17. The SMILES string of the molecule is CCCOc1cccc(CNCCCN)c1. The van der Waals surface area contributed by atoms with Crippen LogP contribution in [0.25, 0.3) is 0 Å². The Kier molecular flexibility index (Phi) is 6.61. The van der Waals surface area contributed by atoms with E-state index in [1.807, 2.05) is 12.1 Å². The van der Waals surface area contributed by atoms with Crippen molar-refractivity contribution in [2.24, 2.45) is 5.73 Å². The molecule has 0 aliphatic rings. The Morgan fingerprint density at radius 2 is 2.25 bits per heavy atom. The highest BCUT2D eigenvalue weighted by molar-refractivity contribution is 5.28. The molecule has 0 fully saturated rings. The molecule has 0 atom stereocenters. The van der Waals surface area contributed by atoms with Gasteiger partial charge in [-0.25, -0.2) is 0 Å². The lowest BCUT2D eigenvalue weighted by molar-refractivity contribution is 0.317. The van der Waals surface area contributed by atoms with Crippen LogP contribution in [0, 0.1) is 0 Å². The Morgan fingerprint density at radius 3 is 3.00 bits per heavy atom. The number of rotatable bonds is 8. The molecule has 0 saturated carbocycles. The van der Waals surface area contributed by atoms with Crippen LogP contribution < -0.4 is 15.8 Å². The first kappa shape index (κ1) is 13.0. The molecule has 0 amide bonds. The molecule has 1 aromatic rings. The van der Waals surface area contributed by atoms with Gasteiger partial charge in [0.2, 0.25) is 0 Å². The van der Waals surface area contributed by atoms with E-state index in [-0.39, 0.29) is 0 Å². The Morgan fingerprint density at radius 1 is 1.38 bits per heavy atom. The summed E-state index contributed by atoms with van der Waals surface area (Å²) in [5, 5.41) is 3.35. The first-order chi connectivity index (χ1) is 7.86. The maximum absolute atomic E-state index is 5.58. The number of ether oxygens (including phenoxy) is 1. The predicted octanol–water partition coefficient (Wildman–Crippen LogP) is 1.91. The van der Waals surface area contributed by atoms with Gasteiger partial charge in [0.25, 0.3) is 0 Å². The van der Waals surface area contributed by atoms with Crippen molar-refractivity contribution in [1.29, 1.82) is 0 Å². The van der Waals surface area contributed by atoms with E-state index in [9.17, 15) is 0 Å². The first-order valence-corrected chi connectivity index (χ1v) is 5.99. The van der Waals surface area contributed by atoms with Crippen LogP contribution in [0.1, 0.15) is 25.3 Å². The van der Waals surface area contributed by atoms with Crippen molar-refractivity contribution < 1.29 is 4.74 Å². The average Bonchev–Trinajstić information content (AvgIpc) is 2.33. The highest BCUT2D eigenvalue weighted by Crippen LogP contribution is 2.13. The maximum Gasteiger partial charge on any atom is 0.119 e. The van der Waals surface area contributed by atoms with E-state index >= 15 is 0 Å². The second kappa shape index (κ2) is 8.13. The molecule has 0 aliphatic carbocycles. The second-order valence-corrected chi connectivity index (χ2v) is 3.81. The van der Waals surface area contributed by atoms with Crippen molar-refractivity contribution in [1.82, 2.24) is 5.32 Å². The smallest absolute Gasteiger partial charge is 0.119 e. The molecule has 0 unspecified atom stereocenters. The van der Waals surface area contributed by atoms with Crippen LogP contribution in [0.5, 0.6) is 5.75 Å². The topological polar surface area (TPSA) is 47.3 Å². The summed E-state index contributed by atoms with van der Waals surface area (Å²) in [7, 11) is 0. The van der Waals surface area contributed by atoms with Gasteiger partial charge in [0.15, 0.2) is 0 Å². The summed E-state index contributed by atoms with van der Waals surface area (Å²) < 4.78 is 5.58. The molecule has 16 heavy (non-hydrogen) atoms. The lowest BCUT2D eigenvalue weighted by atomic mass is 10.2. The standard InChI is InChI=1S/C13H22N2O/c1-2-9-16-13-6-3-5-12(10-13)11-15-8-4-7-14/h3,5-6,10,15H,2,4,7-9,11,14H2,1H3. The molecule has 0 aromatic heterocycles. The number of nitrogens with two attached hydrogens (primary N) is 1. The highest BCUT2D eigenvalue weighted by Gasteiger charge is 1.96. The van der Waals surface area contributed by atoms with Crippen LogP contribution in [0.4, 0.5) is 0 Å². The average molecular weight is 222 g/mol. The van der Waals surface area contributed by atoms with Crippen molar-refractivity contribution in [3.8, 4) is 5.75 Å². The minimum Gasteiger partial charge on any atom is -0.494 e. The molecular formula is C13H22N2O. The largest absolute Gasteiger partial charge is 0.494 e. The zero-order chi connectivity index (χ0) is 11.6. The molecule has 0 spiro atoms. The van der Waals surface area contributed by atoms with E-state index in [4.69, 9.17) is 10.5 Å². The molecule has 0 bridgehead atoms. The fourth-order valence-electron chi connectivity index (χ4n) is 1.42. The number of benzene rings is 1. The molecule has 0 aliphatic heterocycles. The molecule has 0 saturated heterocycles. The third kappa shape index (κ3) is 5.14. The van der Waals surface area contributed by atoms with E-state index in [1.165, 1.54) is 5.56 Å². The van der Waals surface area contributed by atoms with Gasteiger partial charge in [0, 0.05) is 6.54 Å². The number of hydrogen-bond acceptors (Lipinski definition) is 3. The summed E-state index contributed by atoms with van der Waals surface area (Å²) in [6.07, 6.45) is 2.06. The summed E-state index contributed by atoms with van der Waals surface area (Å²) in [5.74, 6) is 0.958. The van der Waals surface area contributed by atoms with Gasteiger partial charge in [-0.15, -0.1) is 0 Å². The maximum atomic E-state index is 5.58. The molecule has 0 heterocycles. The second-order valence-electron chi connectivity index (χ2n) is 3.81. The zero-order valence-electron chi connectivity index (χ0n) is 10.0. The minimum atomic E-state index is 0.743. The van der Waals surface area contributed by atoms with Crippen LogP contribution >= 0.6 is 0 Å². The molecule has 3 heteroatoms. The third-order valence-corrected chi connectivity index (χ3v) is 2.26. The van der Waals surface area contributed by atoms with Gasteiger partial charge < -0.3 is 15.8 Å². The molecule has 1 aromatic carbocycles. The van der Waals surface area contributed by atoms with Crippen LogP contribution in [-0.4, -0.2) is 19.7 Å². The number of nitrogens with one attached hydrogen (secondary N) is 1. The van der Waals surface area contributed by atoms with Crippen LogP contribution in [0.3, 0.4) is 0 Å². The fraction of sp³-hybridized carbons (Fsp3) is 0.538. The van der Waals surface area contributed by atoms with E-state index in [0.29, 0.717) is 0 Å². The van der Waals surface area contributed by atoms with Crippen molar-refractivity contribution in [3.63, 3.8) is 0 Å². The summed E-state index contributed by atoms with van der Waals surface area (Å²) in [4.78, 5) is 0. The Labute approximate surface area is 98.0 Å². The Bertz CT molecular complexity index is 289. The number of hydrogen-bond donors (Lipinski definition) is 2. The van der Waals surface area contributed by atoms with Crippen LogP contribution in [0.15, 0.2) is 24.3 Å². The van der Waals surface area contributed by atoms with Gasteiger partial charge in [0.1, 0.15) is 5.75 Å². The normalized spacial score (nSPS) is 10.4. The fourth-order valence-corrected chi connectivity index (χ4v) is 1.42. The van der Waals surface area contributed by atoms with Crippen molar-refractivity contribution in [3.05, 3.63) is 29.8 Å². The van der Waals surface area contributed by atoms with Crippen LogP contribution in [0.2, 0.25) is 0 Å². The van der Waals surface area contributed by atoms with Crippen LogP contribution in [-0.2, 0) is 6.54 Å².